The molecule has 3 aromatic rings. The number of carbonyl (C=O) groups is 2. The number of amides is 2. The molecule has 0 unspecified atom stereocenters. The number of aromatic nitrogens is 3. The first kappa shape index (κ1) is 24.2. The molecule has 8 nitrogen and oxygen atoms in total. The second-order valence-corrected chi connectivity index (χ2v) is 8.10. The molecule has 0 spiro atoms. The Morgan fingerprint density at radius 1 is 1.30 bits per heavy atom. The van der Waals surface area contributed by atoms with Crippen molar-refractivity contribution in [2.24, 2.45) is 0 Å². The first-order valence-electron chi connectivity index (χ1n) is 9.54. The highest BCUT2D eigenvalue weighted by molar-refractivity contribution is 7.97. The lowest BCUT2D eigenvalue weighted by Gasteiger charge is -2.15. The van der Waals surface area contributed by atoms with Gasteiger partial charge in [0.05, 0.1) is 27.9 Å². The molecule has 1 aromatic carbocycles. The van der Waals surface area contributed by atoms with Gasteiger partial charge >= 0.3 is 0 Å². The van der Waals surface area contributed by atoms with Crippen LogP contribution in [0.2, 0.25) is 5.02 Å². The van der Waals surface area contributed by atoms with Gasteiger partial charge in [-0.15, -0.1) is 0 Å². The highest BCUT2D eigenvalue weighted by atomic mass is 35.5. The molecule has 0 fully saturated rings. The molecule has 3 rings (SSSR count). The molecule has 0 saturated carbocycles. The molecule has 2 N–H and O–H groups in total. The zero-order chi connectivity index (χ0) is 24.1. The number of nitriles is 1. The Bertz CT molecular complexity index is 1260. The summed E-state index contributed by atoms with van der Waals surface area (Å²) >= 11 is 7.28. The quantitative estimate of drug-likeness (QED) is 0.465. The van der Waals surface area contributed by atoms with Crippen LogP contribution in [-0.4, -0.2) is 32.3 Å². The van der Waals surface area contributed by atoms with Crippen LogP contribution in [0.1, 0.15) is 51.0 Å². The number of carbonyl (C=O) groups excluding carboxylic acids is 2. The van der Waals surface area contributed by atoms with Crippen LogP contribution >= 0.6 is 23.5 Å². The number of pyridine rings is 1. The normalized spacial score (nSPS) is 10.7. The van der Waals surface area contributed by atoms with E-state index >= 15 is 0 Å². The Kier molecular flexibility index (Phi) is 7.63. The predicted molar refractivity (Wildman–Crippen MR) is 121 cm³/mol. The van der Waals surface area contributed by atoms with Gasteiger partial charge in [-0.1, -0.05) is 30.5 Å². The van der Waals surface area contributed by atoms with Gasteiger partial charge in [-0.05, 0) is 42.8 Å². The van der Waals surface area contributed by atoms with Crippen molar-refractivity contribution in [1.82, 2.24) is 19.5 Å². The van der Waals surface area contributed by atoms with Crippen LogP contribution < -0.4 is 10.0 Å². The highest BCUT2D eigenvalue weighted by Gasteiger charge is 2.25. The summed E-state index contributed by atoms with van der Waals surface area (Å²) in [6.07, 6.45) is -1.56. The van der Waals surface area contributed by atoms with E-state index < -0.39 is 23.9 Å². The van der Waals surface area contributed by atoms with Gasteiger partial charge in [0.15, 0.2) is 5.82 Å². The first-order valence-corrected chi connectivity index (χ1v) is 10.9. The van der Waals surface area contributed by atoms with Gasteiger partial charge in [0.25, 0.3) is 18.2 Å². The van der Waals surface area contributed by atoms with Gasteiger partial charge in [-0.25, -0.2) is 18.4 Å². The third-order valence-corrected chi connectivity index (χ3v) is 5.29. The van der Waals surface area contributed by atoms with E-state index in [1.807, 2.05) is 13.0 Å². The molecule has 0 aliphatic rings. The van der Waals surface area contributed by atoms with Gasteiger partial charge in [0, 0.05) is 11.9 Å². The molecular weight excluding hydrogens is 474 g/mol. The zero-order valence-electron chi connectivity index (χ0n) is 17.4. The molecule has 2 amide bonds. The number of alkyl halides is 2. The molecule has 2 aromatic heterocycles. The second-order valence-electron chi connectivity index (χ2n) is 6.62. The molecule has 0 saturated heterocycles. The van der Waals surface area contributed by atoms with Crippen molar-refractivity contribution in [3.63, 3.8) is 0 Å². The predicted octanol–water partition coefficient (Wildman–Crippen LogP) is 4.69. The maximum atomic E-state index is 13.4. The fourth-order valence-electron chi connectivity index (χ4n) is 2.93. The van der Waals surface area contributed by atoms with E-state index in [1.165, 1.54) is 24.4 Å². The van der Waals surface area contributed by atoms with Crippen molar-refractivity contribution in [3.8, 4) is 11.9 Å². The molecule has 2 heterocycles. The van der Waals surface area contributed by atoms with E-state index in [1.54, 1.807) is 13.0 Å². The minimum absolute atomic E-state index is 0.00919. The minimum atomic E-state index is -2.94. The first-order chi connectivity index (χ1) is 15.8. The van der Waals surface area contributed by atoms with Gasteiger partial charge in [-0.2, -0.15) is 10.4 Å². The molecule has 0 atom stereocenters. The standard InChI is InChI=1S/C21H17ClF2N6O2S/c1-3-33-29-20(31)13-8-12(10-25)7-11(2)17(13)27-21(32)16-9-15(18(23)24)28-30(16)19-14(22)5-4-6-26-19/h4-9,18H,3H2,1-2H3,(H,27,32)(H,29,31). The Morgan fingerprint density at radius 3 is 2.70 bits per heavy atom. The van der Waals surface area contributed by atoms with Gasteiger partial charge in [0.1, 0.15) is 11.4 Å². The Balaban J connectivity index is 2.07. The van der Waals surface area contributed by atoms with Crippen LogP contribution in [0.3, 0.4) is 0 Å². The van der Waals surface area contributed by atoms with Crippen LogP contribution in [0.25, 0.3) is 5.82 Å². The van der Waals surface area contributed by atoms with Crippen molar-refractivity contribution < 1.29 is 18.4 Å². The molecule has 170 valence electrons. The Morgan fingerprint density at radius 2 is 2.06 bits per heavy atom. The van der Waals surface area contributed by atoms with Crippen LogP contribution in [0.5, 0.6) is 0 Å². The monoisotopic (exact) mass is 490 g/mol. The number of nitrogens with one attached hydrogen (secondary N) is 2. The van der Waals surface area contributed by atoms with E-state index in [0.717, 1.165) is 22.7 Å². The van der Waals surface area contributed by atoms with Crippen LogP contribution in [0.15, 0.2) is 36.5 Å². The van der Waals surface area contributed by atoms with Gasteiger partial charge in [0.2, 0.25) is 0 Å². The fourth-order valence-corrected chi connectivity index (χ4v) is 3.52. The molecular formula is C21H17ClF2N6O2S. The SMILES string of the molecule is CCSNC(=O)c1cc(C#N)cc(C)c1NC(=O)c1cc(C(F)F)nn1-c1ncccc1Cl. The maximum Gasteiger partial charge on any atom is 0.282 e. The molecule has 0 aliphatic carbocycles. The third kappa shape index (κ3) is 5.30. The fraction of sp³-hybridized carbons (Fsp3) is 0.190. The van der Waals surface area contributed by atoms with E-state index in [9.17, 15) is 23.6 Å². The topological polar surface area (TPSA) is 113 Å². The maximum absolute atomic E-state index is 13.4. The summed E-state index contributed by atoms with van der Waals surface area (Å²) in [6, 6.07) is 8.75. The largest absolute Gasteiger partial charge is 0.320 e. The number of hydrogen-bond acceptors (Lipinski definition) is 6. The van der Waals surface area contributed by atoms with Crippen molar-refractivity contribution in [1.29, 1.82) is 5.26 Å². The van der Waals surface area contributed by atoms with E-state index in [-0.39, 0.29) is 33.3 Å². The molecule has 0 aliphatic heterocycles. The third-order valence-electron chi connectivity index (χ3n) is 4.38. The number of anilines is 1. The summed E-state index contributed by atoms with van der Waals surface area (Å²) in [7, 11) is 0. The van der Waals surface area contributed by atoms with Crippen molar-refractivity contribution >= 4 is 41.1 Å². The summed E-state index contributed by atoms with van der Waals surface area (Å²) in [6.45, 7) is 3.45. The van der Waals surface area contributed by atoms with E-state index in [0.29, 0.717) is 11.3 Å². The number of halogens is 3. The second kappa shape index (κ2) is 10.4. The smallest absolute Gasteiger partial charge is 0.282 e. The molecule has 0 radical (unpaired) electrons. The number of hydrogen-bond donors (Lipinski definition) is 2. The lowest BCUT2D eigenvalue weighted by Crippen LogP contribution is -2.23. The summed E-state index contributed by atoms with van der Waals surface area (Å²) < 4.78 is 30.3. The molecule has 33 heavy (non-hydrogen) atoms. The zero-order valence-corrected chi connectivity index (χ0v) is 19.0. The lowest BCUT2D eigenvalue weighted by molar-refractivity contribution is 0.0985. The van der Waals surface area contributed by atoms with E-state index in [2.05, 4.69) is 20.1 Å². The van der Waals surface area contributed by atoms with Crippen molar-refractivity contribution in [2.45, 2.75) is 20.3 Å². The number of rotatable bonds is 7. The van der Waals surface area contributed by atoms with Crippen molar-refractivity contribution in [2.75, 3.05) is 11.1 Å². The molecule has 0 bridgehead atoms. The summed E-state index contributed by atoms with van der Waals surface area (Å²) in [5.74, 6) is -0.747. The van der Waals surface area contributed by atoms with Gasteiger partial charge < -0.3 is 5.32 Å². The lowest BCUT2D eigenvalue weighted by atomic mass is 10.0. The Labute approximate surface area is 197 Å². The van der Waals surface area contributed by atoms with Crippen LogP contribution in [0, 0.1) is 18.3 Å². The summed E-state index contributed by atoms with van der Waals surface area (Å²) in [5.41, 5.74) is -0.0595. The average Bonchev–Trinajstić information content (AvgIpc) is 3.24. The Hall–Kier alpha value is -3.49. The average molecular weight is 491 g/mol. The number of nitrogens with zero attached hydrogens (tertiary/aromatic N) is 4. The van der Waals surface area contributed by atoms with Gasteiger partial charge in [-0.3, -0.25) is 14.3 Å². The molecule has 12 heteroatoms. The number of aryl methyl sites for hydroxylation is 1. The summed E-state index contributed by atoms with van der Waals surface area (Å²) in [4.78, 5) is 29.8. The highest BCUT2D eigenvalue weighted by Crippen LogP contribution is 2.27. The number of benzene rings is 1. The van der Waals surface area contributed by atoms with Crippen LogP contribution in [0.4, 0.5) is 14.5 Å². The van der Waals surface area contributed by atoms with Crippen LogP contribution in [-0.2, 0) is 0 Å². The summed E-state index contributed by atoms with van der Waals surface area (Å²) in [5, 5.41) is 15.7. The van der Waals surface area contributed by atoms with Crippen molar-refractivity contribution in [3.05, 3.63) is 69.6 Å². The minimum Gasteiger partial charge on any atom is -0.320 e. The van der Waals surface area contributed by atoms with E-state index in [4.69, 9.17) is 11.6 Å².